The number of nitrogens with zero attached hydrogens (tertiary/aromatic N) is 1. The number of halogens is 2. The average molecular weight is 301 g/mol. The smallest absolute Gasteiger partial charge is 0.317 e. The normalized spacial score (nSPS) is 13.8. The fourth-order valence-corrected chi connectivity index (χ4v) is 2.49. The lowest BCUT2D eigenvalue weighted by molar-refractivity contribution is -0.136. The van der Waals surface area contributed by atoms with Gasteiger partial charge >= 0.3 is 12.0 Å². The van der Waals surface area contributed by atoms with Crippen LogP contribution >= 0.6 is 11.6 Å². The second-order valence-electron chi connectivity index (χ2n) is 4.57. The zero-order valence-electron chi connectivity index (χ0n) is 10.7. The molecule has 1 aliphatic heterocycles. The van der Waals surface area contributed by atoms with E-state index in [2.05, 4.69) is 5.32 Å². The van der Waals surface area contributed by atoms with Crippen LogP contribution < -0.4 is 5.32 Å². The quantitative estimate of drug-likeness (QED) is 0.897. The summed E-state index contributed by atoms with van der Waals surface area (Å²) < 4.78 is 13.3. The van der Waals surface area contributed by atoms with E-state index in [1.54, 1.807) is 0 Å². The number of fused-ring (bicyclic) bond motifs is 1. The molecule has 0 atom stereocenters. The van der Waals surface area contributed by atoms with Crippen molar-refractivity contribution < 1.29 is 19.1 Å². The standard InChI is InChI=1S/C13H14ClFN2O3/c14-11-6-9(15)5-8-7-17(4-2-10(8)11)13(20)16-3-1-12(18)19/h5-6H,1-4,7H2,(H,16,20)(H,18,19). The minimum Gasteiger partial charge on any atom is -0.481 e. The third kappa shape index (κ3) is 3.39. The van der Waals surface area contributed by atoms with Gasteiger partial charge in [-0.3, -0.25) is 4.79 Å². The number of hydrogen-bond acceptors (Lipinski definition) is 2. The van der Waals surface area contributed by atoms with Crippen molar-refractivity contribution in [2.45, 2.75) is 19.4 Å². The van der Waals surface area contributed by atoms with Gasteiger partial charge in [0.15, 0.2) is 0 Å². The van der Waals surface area contributed by atoms with Crippen LogP contribution in [0.2, 0.25) is 5.02 Å². The molecular weight excluding hydrogens is 287 g/mol. The Labute approximate surface area is 120 Å². The molecule has 0 fully saturated rings. The first kappa shape index (κ1) is 14.6. The van der Waals surface area contributed by atoms with Crippen molar-refractivity contribution in [3.05, 3.63) is 34.1 Å². The molecule has 1 aromatic rings. The highest BCUT2D eigenvalue weighted by Crippen LogP contribution is 2.27. The third-order valence-electron chi connectivity index (χ3n) is 3.15. The lowest BCUT2D eigenvalue weighted by Gasteiger charge is -2.29. The Balaban J connectivity index is 2.00. The van der Waals surface area contributed by atoms with E-state index >= 15 is 0 Å². The van der Waals surface area contributed by atoms with E-state index in [4.69, 9.17) is 16.7 Å². The van der Waals surface area contributed by atoms with Crippen LogP contribution in [-0.4, -0.2) is 35.1 Å². The lowest BCUT2D eigenvalue weighted by Crippen LogP contribution is -2.43. The number of amides is 2. The molecule has 0 saturated heterocycles. The van der Waals surface area contributed by atoms with Crippen molar-refractivity contribution in [3.8, 4) is 0 Å². The maximum Gasteiger partial charge on any atom is 0.317 e. The van der Waals surface area contributed by atoms with E-state index in [0.29, 0.717) is 23.6 Å². The molecule has 0 spiro atoms. The summed E-state index contributed by atoms with van der Waals surface area (Å²) in [6, 6.07) is 2.29. The number of urea groups is 1. The third-order valence-corrected chi connectivity index (χ3v) is 3.49. The van der Waals surface area contributed by atoms with E-state index < -0.39 is 11.8 Å². The highest BCUT2D eigenvalue weighted by atomic mass is 35.5. The van der Waals surface area contributed by atoms with Crippen molar-refractivity contribution in [2.75, 3.05) is 13.1 Å². The number of nitrogens with one attached hydrogen (secondary N) is 1. The Morgan fingerprint density at radius 2 is 2.20 bits per heavy atom. The van der Waals surface area contributed by atoms with E-state index in [0.717, 1.165) is 5.56 Å². The van der Waals surface area contributed by atoms with Gasteiger partial charge in [0.25, 0.3) is 0 Å². The summed E-state index contributed by atoms with van der Waals surface area (Å²) in [7, 11) is 0. The zero-order valence-corrected chi connectivity index (χ0v) is 11.4. The van der Waals surface area contributed by atoms with Crippen LogP contribution in [0, 0.1) is 5.82 Å². The molecular formula is C13H14ClFN2O3. The molecule has 1 aromatic carbocycles. The summed E-state index contributed by atoms with van der Waals surface area (Å²) in [6.45, 7) is 0.810. The Morgan fingerprint density at radius 1 is 1.45 bits per heavy atom. The summed E-state index contributed by atoms with van der Waals surface area (Å²) in [4.78, 5) is 23.7. The second-order valence-corrected chi connectivity index (χ2v) is 4.98. The largest absolute Gasteiger partial charge is 0.481 e. The van der Waals surface area contributed by atoms with Gasteiger partial charge in [0.2, 0.25) is 0 Å². The molecule has 0 saturated carbocycles. The van der Waals surface area contributed by atoms with Gasteiger partial charge in [0.1, 0.15) is 5.82 Å². The average Bonchev–Trinajstić information content (AvgIpc) is 2.37. The van der Waals surface area contributed by atoms with Crippen LogP contribution in [0.1, 0.15) is 17.5 Å². The molecule has 2 rings (SSSR count). The molecule has 1 aliphatic rings. The number of hydrogen-bond donors (Lipinski definition) is 2. The van der Waals surface area contributed by atoms with Gasteiger partial charge in [-0.05, 0) is 29.7 Å². The summed E-state index contributed by atoms with van der Waals surface area (Å²) in [5.41, 5.74) is 1.55. The van der Waals surface area contributed by atoms with Crippen molar-refractivity contribution >= 4 is 23.6 Å². The maximum atomic E-state index is 13.3. The lowest BCUT2D eigenvalue weighted by atomic mass is 10.00. The van der Waals surface area contributed by atoms with Gasteiger partial charge < -0.3 is 15.3 Å². The SMILES string of the molecule is O=C(O)CCNC(=O)N1CCc2c(Cl)cc(F)cc2C1. The van der Waals surface area contributed by atoms with Gasteiger partial charge in [0.05, 0.1) is 6.42 Å². The summed E-state index contributed by atoms with van der Waals surface area (Å²) in [5.74, 6) is -1.40. The van der Waals surface area contributed by atoms with Crippen LogP contribution in [0.3, 0.4) is 0 Å². The maximum absolute atomic E-state index is 13.3. The Kier molecular flexibility index (Phi) is 4.44. The van der Waals surface area contributed by atoms with E-state index in [1.165, 1.54) is 17.0 Å². The van der Waals surface area contributed by atoms with Gasteiger partial charge in [0, 0.05) is 24.7 Å². The molecule has 0 bridgehead atoms. The molecule has 1 heterocycles. The van der Waals surface area contributed by atoms with E-state index in [1.807, 2.05) is 0 Å². The van der Waals surface area contributed by atoms with Crippen molar-refractivity contribution in [1.29, 1.82) is 0 Å². The molecule has 5 nitrogen and oxygen atoms in total. The van der Waals surface area contributed by atoms with Gasteiger partial charge in [-0.2, -0.15) is 0 Å². The predicted octanol–water partition coefficient (Wildman–Crippen LogP) is 2.02. The number of carboxylic acids is 1. The first-order chi connectivity index (χ1) is 9.47. The van der Waals surface area contributed by atoms with Crippen LogP contribution in [0.25, 0.3) is 0 Å². The molecule has 7 heteroatoms. The zero-order chi connectivity index (χ0) is 14.7. The summed E-state index contributed by atoms with van der Waals surface area (Å²) in [6.07, 6.45) is 0.428. The van der Waals surface area contributed by atoms with Crippen LogP contribution in [-0.2, 0) is 17.8 Å². The number of carbonyl (C=O) groups excluding carboxylic acids is 1. The molecule has 2 amide bonds. The van der Waals surface area contributed by atoms with E-state index in [9.17, 15) is 14.0 Å². The van der Waals surface area contributed by atoms with Gasteiger partial charge in [-0.25, -0.2) is 9.18 Å². The highest BCUT2D eigenvalue weighted by Gasteiger charge is 2.22. The first-order valence-corrected chi connectivity index (χ1v) is 6.56. The van der Waals surface area contributed by atoms with Gasteiger partial charge in [-0.1, -0.05) is 11.6 Å². The monoisotopic (exact) mass is 300 g/mol. The fourth-order valence-electron chi connectivity index (χ4n) is 2.17. The minimum atomic E-state index is -0.969. The number of rotatable bonds is 3. The molecule has 0 radical (unpaired) electrons. The van der Waals surface area contributed by atoms with Crippen molar-refractivity contribution in [3.63, 3.8) is 0 Å². The van der Waals surface area contributed by atoms with Crippen LogP contribution in [0.4, 0.5) is 9.18 Å². The first-order valence-electron chi connectivity index (χ1n) is 6.18. The summed E-state index contributed by atoms with van der Waals surface area (Å²) >= 11 is 5.97. The van der Waals surface area contributed by atoms with Crippen LogP contribution in [0.15, 0.2) is 12.1 Å². The minimum absolute atomic E-state index is 0.0709. The van der Waals surface area contributed by atoms with Crippen molar-refractivity contribution in [2.24, 2.45) is 0 Å². The number of aliphatic carboxylic acids is 1. The molecule has 2 N–H and O–H groups in total. The predicted molar refractivity (Wildman–Crippen MR) is 71.2 cm³/mol. The molecule has 0 aliphatic carbocycles. The Bertz CT molecular complexity index is 551. The number of carboxylic acid groups (broad SMARTS) is 1. The highest BCUT2D eigenvalue weighted by molar-refractivity contribution is 6.31. The number of carbonyl (C=O) groups is 2. The fraction of sp³-hybridized carbons (Fsp3) is 0.385. The molecule has 108 valence electrons. The second kappa shape index (κ2) is 6.09. The van der Waals surface area contributed by atoms with Crippen molar-refractivity contribution in [1.82, 2.24) is 10.2 Å². The topological polar surface area (TPSA) is 69.6 Å². The summed E-state index contributed by atoms with van der Waals surface area (Å²) in [5, 5.41) is 11.4. The Morgan fingerprint density at radius 3 is 2.90 bits per heavy atom. The molecule has 20 heavy (non-hydrogen) atoms. The van der Waals surface area contributed by atoms with Crippen LogP contribution in [0.5, 0.6) is 0 Å². The molecule has 0 unspecified atom stereocenters. The van der Waals surface area contributed by atoms with E-state index in [-0.39, 0.29) is 25.5 Å². The number of benzene rings is 1. The van der Waals surface area contributed by atoms with Gasteiger partial charge in [-0.15, -0.1) is 0 Å². The Hall–Kier alpha value is -1.82. The molecule has 0 aromatic heterocycles.